The van der Waals surface area contributed by atoms with Crippen molar-refractivity contribution in [3.05, 3.63) is 76.2 Å². The average Bonchev–Trinajstić information content (AvgIpc) is 3.98. The highest BCUT2D eigenvalue weighted by molar-refractivity contribution is 6.25. The Hall–Kier alpha value is -6.70. The monoisotopic (exact) mass is 867 g/mol. The van der Waals surface area contributed by atoms with Gasteiger partial charge in [-0.1, -0.05) is 6.07 Å². The average molecular weight is 868 g/mol. The number of nitrogens with one attached hydrogen (secondary N) is 4. The third-order valence-corrected chi connectivity index (χ3v) is 12.4. The molecule has 2 fully saturated rings. The minimum absolute atomic E-state index is 0.00834. The zero-order valence-corrected chi connectivity index (χ0v) is 34.6. The molecular formula is C43H47F2N11O7. The third kappa shape index (κ3) is 7.87. The molecule has 330 valence electrons. The number of carbonyl (C=O) groups excluding carboxylic acids is 6. The van der Waals surface area contributed by atoms with Gasteiger partial charge in [0.2, 0.25) is 17.7 Å². The van der Waals surface area contributed by atoms with Gasteiger partial charge in [0, 0.05) is 99.2 Å². The zero-order valence-electron chi connectivity index (χ0n) is 34.6. The molecule has 18 nitrogen and oxygen atoms in total. The summed E-state index contributed by atoms with van der Waals surface area (Å²) >= 11 is 0. The van der Waals surface area contributed by atoms with Gasteiger partial charge in [0.05, 0.1) is 29.9 Å². The van der Waals surface area contributed by atoms with E-state index in [1.54, 1.807) is 42.4 Å². The number of ether oxygens (including phenoxy) is 1. The quantitative estimate of drug-likeness (QED) is 0.127. The smallest absolute Gasteiger partial charge is 0.317 e. The predicted molar refractivity (Wildman–Crippen MR) is 222 cm³/mol. The van der Waals surface area contributed by atoms with Gasteiger partial charge in [0.25, 0.3) is 18.2 Å². The number of imide groups is 2. The summed E-state index contributed by atoms with van der Waals surface area (Å²) in [6.07, 6.45) is 3.94. The van der Waals surface area contributed by atoms with E-state index in [2.05, 4.69) is 31.0 Å². The summed E-state index contributed by atoms with van der Waals surface area (Å²) in [6, 6.07) is 6.92. The van der Waals surface area contributed by atoms with Gasteiger partial charge >= 0.3 is 6.03 Å². The minimum Gasteiger partial charge on any atom is -0.383 e. The van der Waals surface area contributed by atoms with Gasteiger partial charge in [-0.25, -0.2) is 13.6 Å². The van der Waals surface area contributed by atoms with Crippen molar-refractivity contribution in [2.45, 2.75) is 76.5 Å². The number of benzene rings is 2. The van der Waals surface area contributed by atoms with E-state index in [-0.39, 0.29) is 61.2 Å². The lowest BCUT2D eigenvalue weighted by Gasteiger charge is -2.33. The number of halogens is 2. The summed E-state index contributed by atoms with van der Waals surface area (Å²) in [5.41, 5.74) is 4.70. The van der Waals surface area contributed by atoms with Gasteiger partial charge in [0.1, 0.15) is 12.6 Å². The van der Waals surface area contributed by atoms with E-state index in [4.69, 9.17) is 9.84 Å². The van der Waals surface area contributed by atoms with Gasteiger partial charge in [-0.2, -0.15) is 10.2 Å². The van der Waals surface area contributed by atoms with Crippen LogP contribution in [-0.4, -0.2) is 117 Å². The van der Waals surface area contributed by atoms with Crippen LogP contribution in [0, 0.1) is 0 Å². The molecule has 9 rings (SSSR count). The van der Waals surface area contributed by atoms with Crippen LogP contribution in [0.4, 0.5) is 30.8 Å². The molecule has 5 aliphatic heterocycles. The summed E-state index contributed by atoms with van der Waals surface area (Å²) in [5.74, 6) is -2.15. The maximum atomic E-state index is 15.0. The van der Waals surface area contributed by atoms with Crippen molar-refractivity contribution >= 4 is 52.8 Å². The number of piperidine rings is 1. The molecule has 7 heterocycles. The van der Waals surface area contributed by atoms with Crippen LogP contribution in [-0.2, 0) is 45.1 Å². The first-order chi connectivity index (χ1) is 30.5. The normalized spacial score (nSPS) is 18.9. The number of anilines is 3. The highest BCUT2D eigenvalue weighted by atomic mass is 19.3. The van der Waals surface area contributed by atoms with E-state index in [9.17, 15) is 28.8 Å². The van der Waals surface area contributed by atoms with Crippen molar-refractivity contribution in [3.63, 3.8) is 0 Å². The summed E-state index contributed by atoms with van der Waals surface area (Å²) in [4.78, 5) is 81.1. The lowest BCUT2D eigenvalue weighted by atomic mass is 9.92. The Morgan fingerprint density at radius 3 is 2.59 bits per heavy atom. The second kappa shape index (κ2) is 17.2. The standard InChI is InChI=1S/C43H47F2N11O7/c1-46-43(62)52-15-9-32-30(22-52)39(51-56(32)26-10-16-63-17-11-26)54-14-3-4-24-18-28(29(38(44)45)19-34(24)54)25-20-49-53(21-25)23-36(58)48-13-12-47-31-6-2-5-27-37(31)42(61)55(41(27)60)33-7-8-35(57)50-40(33)59/h2,5-6,18-21,26,33,38,47H,3-4,7-17,22-23H2,1H3,(H,46,62)(H,48,58)(H,50,57,59). The van der Waals surface area contributed by atoms with Gasteiger partial charge in [-0.05, 0) is 67.5 Å². The van der Waals surface area contributed by atoms with Crippen LogP contribution in [0.1, 0.15) is 87.7 Å². The molecule has 20 heteroatoms. The van der Waals surface area contributed by atoms with Crippen LogP contribution < -0.4 is 26.2 Å². The Labute approximate surface area is 360 Å². The van der Waals surface area contributed by atoms with Crippen LogP contribution in [0.2, 0.25) is 0 Å². The van der Waals surface area contributed by atoms with Gasteiger partial charge in [-0.15, -0.1) is 0 Å². The van der Waals surface area contributed by atoms with E-state index >= 15 is 8.78 Å². The van der Waals surface area contributed by atoms with Crippen molar-refractivity contribution in [2.24, 2.45) is 0 Å². The van der Waals surface area contributed by atoms with Crippen molar-refractivity contribution in [1.82, 2.24) is 45.3 Å². The molecule has 7 amide bonds. The van der Waals surface area contributed by atoms with E-state index in [1.165, 1.54) is 16.9 Å². The van der Waals surface area contributed by atoms with E-state index in [0.717, 1.165) is 41.0 Å². The number of hydrogen-bond acceptors (Lipinski definition) is 11. The van der Waals surface area contributed by atoms with Crippen LogP contribution in [0.3, 0.4) is 0 Å². The number of rotatable bonds is 11. The molecule has 1 atom stereocenters. The highest BCUT2D eigenvalue weighted by Crippen LogP contribution is 2.44. The van der Waals surface area contributed by atoms with Gasteiger partial charge < -0.3 is 30.5 Å². The lowest BCUT2D eigenvalue weighted by Crippen LogP contribution is -2.54. The zero-order chi connectivity index (χ0) is 43.9. The van der Waals surface area contributed by atoms with Crippen LogP contribution in [0.15, 0.2) is 42.7 Å². The molecule has 0 saturated carbocycles. The number of aromatic nitrogens is 4. The van der Waals surface area contributed by atoms with Crippen molar-refractivity contribution < 1.29 is 42.3 Å². The summed E-state index contributed by atoms with van der Waals surface area (Å²) in [6.45, 7) is 2.86. The molecule has 63 heavy (non-hydrogen) atoms. The second-order valence-electron chi connectivity index (χ2n) is 16.3. The predicted octanol–water partition coefficient (Wildman–Crippen LogP) is 3.45. The molecule has 4 N–H and O–H groups in total. The number of alkyl halides is 2. The number of urea groups is 1. The topological polar surface area (TPSA) is 205 Å². The van der Waals surface area contributed by atoms with Gasteiger partial charge in [0.15, 0.2) is 5.82 Å². The first kappa shape index (κ1) is 41.6. The maximum absolute atomic E-state index is 15.0. The Morgan fingerprint density at radius 2 is 1.81 bits per heavy atom. The molecule has 0 spiro atoms. The number of nitrogens with zero attached hydrogens (tertiary/aromatic N) is 7. The maximum Gasteiger partial charge on any atom is 0.317 e. The number of aryl methyl sites for hydroxylation is 1. The SMILES string of the molecule is CNC(=O)N1CCc2c(c(N3CCCc4cc(-c5cnn(CC(=O)NCCNc6cccc7c6C(=O)N(C6CCC(=O)NC6=O)C7=O)c5)c(C(F)F)cc43)nn2C2CCOCC2)C1. The summed E-state index contributed by atoms with van der Waals surface area (Å²) in [5, 5.41) is 20.3. The lowest BCUT2D eigenvalue weighted by molar-refractivity contribution is -0.136. The Bertz CT molecular complexity index is 2510. The molecule has 0 aliphatic carbocycles. The number of amides is 7. The molecule has 0 bridgehead atoms. The van der Waals surface area contributed by atoms with Crippen LogP contribution in [0.25, 0.3) is 11.1 Å². The summed E-state index contributed by atoms with van der Waals surface area (Å²) in [7, 11) is 1.60. The minimum atomic E-state index is -2.81. The molecule has 1 unspecified atom stereocenters. The third-order valence-electron chi connectivity index (χ3n) is 12.4. The van der Waals surface area contributed by atoms with Crippen LogP contribution in [0.5, 0.6) is 0 Å². The van der Waals surface area contributed by atoms with Crippen molar-refractivity contribution in [3.8, 4) is 11.1 Å². The summed E-state index contributed by atoms with van der Waals surface area (Å²) < 4.78 is 39.1. The molecule has 2 aromatic heterocycles. The molecule has 0 radical (unpaired) electrons. The van der Waals surface area contributed by atoms with Crippen molar-refractivity contribution in [2.75, 3.05) is 56.7 Å². The Morgan fingerprint density at radius 1 is 0.984 bits per heavy atom. The first-order valence-corrected chi connectivity index (χ1v) is 21.3. The molecule has 2 aromatic carbocycles. The molecular weight excluding hydrogens is 821 g/mol. The molecule has 5 aliphatic rings. The highest BCUT2D eigenvalue weighted by Gasteiger charge is 2.45. The number of hydrogen-bond donors (Lipinski definition) is 4. The fourth-order valence-corrected chi connectivity index (χ4v) is 9.36. The number of fused-ring (bicyclic) bond motifs is 3. The largest absolute Gasteiger partial charge is 0.383 e. The van der Waals surface area contributed by atoms with E-state index in [0.29, 0.717) is 74.0 Å². The Kier molecular flexibility index (Phi) is 11.4. The van der Waals surface area contributed by atoms with E-state index in [1.807, 2.05) is 4.90 Å². The van der Waals surface area contributed by atoms with Gasteiger partial charge in [-0.3, -0.25) is 43.6 Å². The first-order valence-electron chi connectivity index (χ1n) is 21.3. The van der Waals surface area contributed by atoms with Crippen molar-refractivity contribution in [1.29, 1.82) is 0 Å². The molecule has 4 aromatic rings. The Balaban J connectivity index is 0.876. The second-order valence-corrected chi connectivity index (χ2v) is 16.3. The van der Waals surface area contributed by atoms with E-state index < -0.39 is 42.0 Å². The fraction of sp³-hybridized carbons (Fsp3) is 0.442. The number of carbonyl (C=O) groups is 6. The molecule has 2 saturated heterocycles. The van der Waals surface area contributed by atoms with Crippen LogP contribution >= 0.6 is 0 Å². The fourth-order valence-electron chi connectivity index (χ4n) is 9.36.